The molecule has 0 saturated carbocycles. The molecule has 102 valence electrons. The molecule has 0 radical (unpaired) electrons. The standard InChI is InChI=1S/C14H30N2O/c1-11(2)8-15-9-12(3)14(5)16-6-7-17-13(4)10-16/h11-15H,6-10H2,1-5H3. The van der Waals surface area contributed by atoms with Crippen LogP contribution in [0.15, 0.2) is 0 Å². The normalized spacial score (nSPS) is 26.1. The molecule has 0 aromatic heterocycles. The van der Waals surface area contributed by atoms with Crippen LogP contribution in [-0.2, 0) is 4.74 Å². The van der Waals surface area contributed by atoms with Crippen molar-refractivity contribution in [3.8, 4) is 0 Å². The van der Waals surface area contributed by atoms with Gasteiger partial charge < -0.3 is 10.1 Å². The Morgan fingerprint density at radius 2 is 1.94 bits per heavy atom. The first-order valence-electron chi connectivity index (χ1n) is 7.07. The fourth-order valence-electron chi connectivity index (χ4n) is 2.35. The zero-order chi connectivity index (χ0) is 12.8. The summed E-state index contributed by atoms with van der Waals surface area (Å²) >= 11 is 0. The zero-order valence-corrected chi connectivity index (χ0v) is 12.2. The summed E-state index contributed by atoms with van der Waals surface area (Å²) in [4.78, 5) is 2.57. The molecule has 1 fully saturated rings. The summed E-state index contributed by atoms with van der Waals surface area (Å²) in [7, 11) is 0. The van der Waals surface area contributed by atoms with Crippen molar-refractivity contribution in [1.82, 2.24) is 10.2 Å². The van der Waals surface area contributed by atoms with E-state index < -0.39 is 0 Å². The molecule has 1 saturated heterocycles. The van der Waals surface area contributed by atoms with Crippen LogP contribution in [0.25, 0.3) is 0 Å². The highest BCUT2D eigenvalue weighted by atomic mass is 16.5. The van der Waals surface area contributed by atoms with E-state index in [-0.39, 0.29) is 0 Å². The molecule has 1 heterocycles. The first-order chi connectivity index (χ1) is 8.00. The van der Waals surface area contributed by atoms with Gasteiger partial charge in [-0.2, -0.15) is 0 Å². The van der Waals surface area contributed by atoms with Gasteiger partial charge in [-0.15, -0.1) is 0 Å². The molecule has 3 atom stereocenters. The van der Waals surface area contributed by atoms with Crippen LogP contribution < -0.4 is 5.32 Å². The molecule has 1 aliphatic heterocycles. The topological polar surface area (TPSA) is 24.5 Å². The van der Waals surface area contributed by atoms with Crippen molar-refractivity contribution in [3.63, 3.8) is 0 Å². The van der Waals surface area contributed by atoms with Gasteiger partial charge in [-0.3, -0.25) is 4.90 Å². The summed E-state index contributed by atoms with van der Waals surface area (Å²) in [5, 5.41) is 3.56. The van der Waals surface area contributed by atoms with E-state index >= 15 is 0 Å². The van der Waals surface area contributed by atoms with Crippen molar-refractivity contribution in [1.29, 1.82) is 0 Å². The third-order valence-corrected chi connectivity index (χ3v) is 3.69. The van der Waals surface area contributed by atoms with E-state index in [0.717, 1.165) is 38.7 Å². The summed E-state index contributed by atoms with van der Waals surface area (Å²) < 4.78 is 5.59. The van der Waals surface area contributed by atoms with Crippen LogP contribution in [0.5, 0.6) is 0 Å². The second-order valence-corrected chi connectivity index (χ2v) is 5.95. The Balaban J connectivity index is 2.27. The molecule has 1 rings (SSSR count). The summed E-state index contributed by atoms with van der Waals surface area (Å²) in [5.74, 6) is 1.43. The van der Waals surface area contributed by atoms with Gasteiger partial charge in [0.25, 0.3) is 0 Å². The highest BCUT2D eigenvalue weighted by Gasteiger charge is 2.24. The molecular formula is C14H30N2O. The van der Waals surface area contributed by atoms with Crippen LogP contribution in [0, 0.1) is 11.8 Å². The number of nitrogens with one attached hydrogen (secondary N) is 1. The predicted octanol–water partition coefficient (Wildman–Crippen LogP) is 1.98. The van der Waals surface area contributed by atoms with Crippen molar-refractivity contribution >= 4 is 0 Å². The summed E-state index contributed by atoms with van der Waals surface area (Å²) in [5.41, 5.74) is 0. The van der Waals surface area contributed by atoms with Gasteiger partial charge in [0, 0.05) is 19.1 Å². The number of rotatable bonds is 6. The Morgan fingerprint density at radius 3 is 2.53 bits per heavy atom. The average Bonchev–Trinajstić information content (AvgIpc) is 2.27. The minimum absolute atomic E-state index is 0.391. The van der Waals surface area contributed by atoms with Crippen LogP contribution in [0.3, 0.4) is 0 Å². The molecule has 17 heavy (non-hydrogen) atoms. The second-order valence-electron chi connectivity index (χ2n) is 5.95. The van der Waals surface area contributed by atoms with Gasteiger partial charge in [-0.1, -0.05) is 20.8 Å². The van der Waals surface area contributed by atoms with Gasteiger partial charge in [0.15, 0.2) is 0 Å². The smallest absolute Gasteiger partial charge is 0.0674 e. The van der Waals surface area contributed by atoms with Crippen molar-refractivity contribution in [2.24, 2.45) is 11.8 Å². The van der Waals surface area contributed by atoms with Crippen LogP contribution in [0.1, 0.15) is 34.6 Å². The minimum Gasteiger partial charge on any atom is -0.376 e. The average molecular weight is 242 g/mol. The number of hydrogen-bond donors (Lipinski definition) is 1. The Hall–Kier alpha value is -0.120. The van der Waals surface area contributed by atoms with Gasteiger partial charge in [0.1, 0.15) is 0 Å². The third-order valence-electron chi connectivity index (χ3n) is 3.69. The summed E-state index contributed by atoms with van der Waals surface area (Å²) in [6, 6.07) is 0.640. The Morgan fingerprint density at radius 1 is 1.24 bits per heavy atom. The lowest BCUT2D eigenvalue weighted by Gasteiger charge is -2.38. The monoisotopic (exact) mass is 242 g/mol. The molecule has 0 bridgehead atoms. The van der Waals surface area contributed by atoms with Gasteiger partial charge in [0.2, 0.25) is 0 Å². The molecule has 3 nitrogen and oxygen atoms in total. The Kier molecular flexibility index (Phi) is 6.45. The quantitative estimate of drug-likeness (QED) is 0.771. The first-order valence-corrected chi connectivity index (χ1v) is 7.07. The maximum atomic E-state index is 5.59. The SMILES string of the molecule is CC(C)CNCC(C)C(C)N1CCOC(C)C1. The third kappa shape index (κ3) is 5.36. The molecule has 0 spiro atoms. The maximum Gasteiger partial charge on any atom is 0.0674 e. The first kappa shape index (κ1) is 14.9. The van der Waals surface area contributed by atoms with E-state index in [0.29, 0.717) is 18.1 Å². The van der Waals surface area contributed by atoms with E-state index in [1.54, 1.807) is 0 Å². The van der Waals surface area contributed by atoms with Crippen molar-refractivity contribution < 1.29 is 4.74 Å². The van der Waals surface area contributed by atoms with Crippen LogP contribution in [0.2, 0.25) is 0 Å². The highest BCUT2D eigenvalue weighted by Crippen LogP contribution is 2.14. The molecule has 0 amide bonds. The molecule has 3 unspecified atom stereocenters. The van der Waals surface area contributed by atoms with Gasteiger partial charge in [-0.25, -0.2) is 0 Å². The molecule has 1 aliphatic rings. The molecule has 3 heteroatoms. The number of hydrogen-bond acceptors (Lipinski definition) is 3. The van der Waals surface area contributed by atoms with E-state index in [1.807, 2.05) is 0 Å². The predicted molar refractivity (Wildman–Crippen MR) is 73.3 cm³/mol. The van der Waals surface area contributed by atoms with Crippen molar-refractivity contribution in [2.45, 2.75) is 46.8 Å². The zero-order valence-electron chi connectivity index (χ0n) is 12.2. The molecule has 0 aromatic rings. The lowest BCUT2D eigenvalue weighted by molar-refractivity contribution is -0.0389. The van der Waals surface area contributed by atoms with Crippen LogP contribution in [-0.4, -0.2) is 49.8 Å². The highest BCUT2D eigenvalue weighted by molar-refractivity contribution is 4.78. The fraction of sp³-hybridized carbons (Fsp3) is 1.00. The maximum absolute atomic E-state index is 5.59. The van der Waals surface area contributed by atoms with Gasteiger partial charge >= 0.3 is 0 Å². The van der Waals surface area contributed by atoms with Gasteiger partial charge in [0.05, 0.1) is 12.7 Å². The van der Waals surface area contributed by atoms with E-state index in [2.05, 4.69) is 44.8 Å². The molecular weight excluding hydrogens is 212 g/mol. The lowest BCUT2D eigenvalue weighted by atomic mass is 10.0. The molecule has 0 aromatic carbocycles. The summed E-state index contributed by atoms with van der Waals surface area (Å²) in [6.45, 7) is 16.7. The number of ether oxygens (including phenoxy) is 1. The summed E-state index contributed by atoms with van der Waals surface area (Å²) in [6.07, 6.45) is 0.391. The van der Waals surface area contributed by atoms with E-state index in [1.165, 1.54) is 0 Å². The minimum atomic E-state index is 0.391. The Labute approximate surface area is 107 Å². The second kappa shape index (κ2) is 7.34. The van der Waals surface area contributed by atoms with Gasteiger partial charge in [-0.05, 0) is 38.8 Å². The Bertz CT molecular complexity index is 208. The largest absolute Gasteiger partial charge is 0.376 e. The number of morpholine rings is 1. The van der Waals surface area contributed by atoms with Crippen molar-refractivity contribution in [2.75, 3.05) is 32.8 Å². The number of nitrogens with zero attached hydrogens (tertiary/aromatic N) is 1. The molecule has 1 N–H and O–H groups in total. The van der Waals surface area contributed by atoms with Crippen LogP contribution in [0.4, 0.5) is 0 Å². The van der Waals surface area contributed by atoms with Crippen LogP contribution >= 0.6 is 0 Å². The van der Waals surface area contributed by atoms with Crippen molar-refractivity contribution in [3.05, 3.63) is 0 Å². The van der Waals surface area contributed by atoms with E-state index in [9.17, 15) is 0 Å². The lowest BCUT2D eigenvalue weighted by Crippen LogP contribution is -2.49. The molecule has 0 aliphatic carbocycles. The fourth-order valence-corrected chi connectivity index (χ4v) is 2.35. The van der Waals surface area contributed by atoms with E-state index in [4.69, 9.17) is 4.74 Å².